The molecule has 2 N–H and O–H groups in total. The fourth-order valence-electron chi connectivity index (χ4n) is 2.25. The van der Waals surface area contributed by atoms with Crippen LogP contribution in [0.25, 0.3) is 0 Å². The number of halogens is 1. The zero-order valence-electron chi connectivity index (χ0n) is 14.0. The van der Waals surface area contributed by atoms with Gasteiger partial charge in [0.15, 0.2) is 0 Å². The number of methoxy groups -OCH3 is 1. The Kier molecular flexibility index (Phi) is 7.29. The lowest BCUT2D eigenvalue weighted by Crippen LogP contribution is -2.32. The van der Waals surface area contributed by atoms with E-state index in [0.717, 1.165) is 16.9 Å². The van der Waals surface area contributed by atoms with Crippen LogP contribution in [0.5, 0.6) is 5.75 Å². The third-order valence-electron chi connectivity index (χ3n) is 3.59. The van der Waals surface area contributed by atoms with Gasteiger partial charge >= 0.3 is 0 Å². The molecule has 2 rings (SSSR count). The van der Waals surface area contributed by atoms with Crippen molar-refractivity contribution < 1.29 is 14.3 Å². The molecule has 0 aliphatic carbocycles. The molecule has 132 valence electrons. The third kappa shape index (κ3) is 6.85. The van der Waals surface area contributed by atoms with Gasteiger partial charge in [0.2, 0.25) is 11.8 Å². The molecule has 0 heterocycles. The van der Waals surface area contributed by atoms with Gasteiger partial charge in [0.05, 0.1) is 7.11 Å². The molecule has 0 fully saturated rings. The molecule has 0 saturated carbocycles. The summed E-state index contributed by atoms with van der Waals surface area (Å²) in [5, 5.41) is 6.10. The molecule has 5 nitrogen and oxygen atoms in total. The second-order valence-electron chi connectivity index (χ2n) is 5.53. The molecule has 0 unspecified atom stereocenters. The first-order valence-corrected chi connectivity index (χ1v) is 8.35. The van der Waals surface area contributed by atoms with Crippen LogP contribution >= 0.6 is 11.6 Å². The van der Waals surface area contributed by atoms with E-state index in [2.05, 4.69) is 10.6 Å². The Morgan fingerprint density at radius 2 is 1.72 bits per heavy atom. The molecule has 0 spiro atoms. The molecule has 0 radical (unpaired) electrons. The van der Waals surface area contributed by atoms with E-state index >= 15 is 0 Å². The highest BCUT2D eigenvalue weighted by Gasteiger charge is 2.08. The van der Waals surface area contributed by atoms with Crippen molar-refractivity contribution >= 4 is 23.4 Å². The van der Waals surface area contributed by atoms with Gasteiger partial charge in [-0.3, -0.25) is 9.59 Å². The van der Waals surface area contributed by atoms with Crippen molar-refractivity contribution in [3.63, 3.8) is 0 Å². The van der Waals surface area contributed by atoms with E-state index < -0.39 is 0 Å². The van der Waals surface area contributed by atoms with Crippen LogP contribution < -0.4 is 15.4 Å². The number of hydrogen-bond donors (Lipinski definition) is 2. The van der Waals surface area contributed by atoms with Crippen LogP contribution in [-0.4, -0.2) is 25.5 Å². The van der Waals surface area contributed by atoms with E-state index in [1.807, 2.05) is 36.4 Å². The molecular formula is C19H21ClN2O3. The summed E-state index contributed by atoms with van der Waals surface area (Å²) in [5.74, 6) is 0.177. The quantitative estimate of drug-likeness (QED) is 0.711. The van der Waals surface area contributed by atoms with E-state index in [4.69, 9.17) is 16.3 Å². The number of amides is 2. The molecule has 0 aliphatic heterocycles. The molecule has 0 atom stereocenters. The fourth-order valence-corrected chi connectivity index (χ4v) is 2.37. The highest BCUT2D eigenvalue weighted by Crippen LogP contribution is 2.12. The number of nitrogens with one attached hydrogen (secondary N) is 2. The average molecular weight is 361 g/mol. The van der Waals surface area contributed by atoms with Crippen LogP contribution in [0.1, 0.15) is 17.5 Å². The van der Waals surface area contributed by atoms with Gasteiger partial charge in [-0.25, -0.2) is 0 Å². The van der Waals surface area contributed by atoms with Gasteiger partial charge in [0.25, 0.3) is 0 Å². The predicted molar refractivity (Wildman–Crippen MR) is 97.6 cm³/mol. The Labute approximate surface area is 152 Å². The van der Waals surface area contributed by atoms with E-state index in [0.29, 0.717) is 24.5 Å². The second-order valence-corrected chi connectivity index (χ2v) is 5.97. The highest BCUT2D eigenvalue weighted by molar-refractivity contribution is 6.30. The lowest BCUT2D eigenvalue weighted by molar-refractivity contribution is -0.129. The molecular weight excluding hydrogens is 340 g/mol. The van der Waals surface area contributed by atoms with E-state index in [1.54, 1.807) is 19.2 Å². The van der Waals surface area contributed by atoms with E-state index in [9.17, 15) is 9.59 Å². The first-order valence-electron chi connectivity index (χ1n) is 7.97. The van der Waals surface area contributed by atoms with Gasteiger partial charge < -0.3 is 15.4 Å². The Hall–Kier alpha value is -2.53. The number of rotatable bonds is 8. The zero-order valence-corrected chi connectivity index (χ0v) is 14.8. The fraction of sp³-hybridized carbons (Fsp3) is 0.263. The third-order valence-corrected chi connectivity index (χ3v) is 3.85. The number of ether oxygens (including phenoxy) is 1. The van der Waals surface area contributed by atoms with Crippen molar-refractivity contribution in [2.75, 3.05) is 13.7 Å². The first kappa shape index (κ1) is 18.8. The molecule has 2 aromatic rings. The minimum atomic E-state index is -0.311. The zero-order chi connectivity index (χ0) is 18.1. The highest BCUT2D eigenvalue weighted by atomic mass is 35.5. The average Bonchev–Trinajstić information content (AvgIpc) is 2.61. The predicted octanol–water partition coefficient (Wildman–Crippen LogP) is 2.71. The van der Waals surface area contributed by atoms with Gasteiger partial charge in [-0.05, 0) is 41.8 Å². The summed E-state index contributed by atoms with van der Waals surface area (Å²) in [6, 6.07) is 14.8. The van der Waals surface area contributed by atoms with Crippen molar-refractivity contribution in [1.82, 2.24) is 10.6 Å². The normalized spacial score (nSPS) is 10.2. The molecule has 6 heteroatoms. The van der Waals surface area contributed by atoms with Crippen molar-refractivity contribution in [2.45, 2.75) is 19.4 Å². The topological polar surface area (TPSA) is 67.4 Å². The molecule has 0 aliphatic rings. The first-order chi connectivity index (χ1) is 12.1. The maximum absolute atomic E-state index is 11.8. The van der Waals surface area contributed by atoms with Gasteiger partial charge in [0.1, 0.15) is 12.2 Å². The second kappa shape index (κ2) is 9.69. The molecule has 2 aromatic carbocycles. The molecule has 25 heavy (non-hydrogen) atoms. The smallest absolute Gasteiger partial charge is 0.229 e. The van der Waals surface area contributed by atoms with Gasteiger partial charge in [-0.1, -0.05) is 35.9 Å². The molecule has 2 amide bonds. The Bertz CT molecular complexity index is 717. The van der Waals surface area contributed by atoms with Gasteiger partial charge in [-0.15, -0.1) is 0 Å². The minimum Gasteiger partial charge on any atom is -0.497 e. The maximum Gasteiger partial charge on any atom is 0.229 e. The largest absolute Gasteiger partial charge is 0.497 e. The summed E-state index contributed by atoms with van der Waals surface area (Å²) < 4.78 is 5.16. The van der Waals surface area contributed by atoms with Crippen LogP contribution in [0, 0.1) is 0 Å². The summed E-state index contributed by atoms with van der Waals surface area (Å²) in [5.41, 5.74) is 1.99. The summed E-state index contributed by atoms with van der Waals surface area (Å²) in [6.45, 7) is 0.837. The van der Waals surface area contributed by atoms with Crippen LogP contribution in [-0.2, 0) is 22.6 Å². The van der Waals surface area contributed by atoms with Crippen molar-refractivity contribution in [2.24, 2.45) is 0 Å². The lowest BCUT2D eigenvalue weighted by atomic mass is 10.1. The van der Waals surface area contributed by atoms with Gasteiger partial charge in [-0.2, -0.15) is 0 Å². The Morgan fingerprint density at radius 3 is 2.44 bits per heavy atom. The summed E-state index contributed by atoms with van der Waals surface area (Å²) in [7, 11) is 1.61. The van der Waals surface area contributed by atoms with Gasteiger partial charge in [0, 0.05) is 18.1 Å². The van der Waals surface area contributed by atoms with Crippen LogP contribution in [0.4, 0.5) is 0 Å². The number of hydrogen-bond acceptors (Lipinski definition) is 3. The monoisotopic (exact) mass is 360 g/mol. The van der Waals surface area contributed by atoms with Crippen LogP contribution in [0.15, 0.2) is 48.5 Å². The van der Waals surface area contributed by atoms with E-state index in [1.165, 1.54) is 0 Å². The molecule has 0 aromatic heterocycles. The minimum absolute atomic E-state index is 0.189. The SMILES string of the molecule is COc1cccc(CCNC(=O)CC(=O)NCc2ccc(Cl)cc2)c1. The number of carbonyl (C=O) groups is 2. The standard InChI is InChI=1S/C19H21ClN2O3/c1-25-17-4-2-3-14(11-17)9-10-21-18(23)12-19(24)22-13-15-5-7-16(20)8-6-15/h2-8,11H,9-10,12-13H2,1H3,(H,21,23)(H,22,24). The summed E-state index contributed by atoms with van der Waals surface area (Å²) >= 11 is 5.81. The van der Waals surface area contributed by atoms with Crippen molar-refractivity contribution in [3.8, 4) is 5.75 Å². The molecule has 0 bridgehead atoms. The van der Waals surface area contributed by atoms with Crippen LogP contribution in [0.3, 0.4) is 0 Å². The summed E-state index contributed by atoms with van der Waals surface area (Å²) in [4.78, 5) is 23.6. The van der Waals surface area contributed by atoms with E-state index in [-0.39, 0.29) is 18.2 Å². The van der Waals surface area contributed by atoms with Crippen molar-refractivity contribution in [3.05, 3.63) is 64.7 Å². The Balaban J connectivity index is 1.67. The Morgan fingerprint density at radius 1 is 1.00 bits per heavy atom. The number of benzene rings is 2. The van der Waals surface area contributed by atoms with Crippen molar-refractivity contribution in [1.29, 1.82) is 0 Å². The van der Waals surface area contributed by atoms with Crippen LogP contribution in [0.2, 0.25) is 5.02 Å². The number of carbonyl (C=O) groups excluding carboxylic acids is 2. The summed E-state index contributed by atoms with van der Waals surface area (Å²) in [6.07, 6.45) is 0.487. The molecule has 0 saturated heterocycles. The lowest BCUT2D eigenvalue weighted by Gasteiger charge is -2.08. The maximum atomic E-state index is 11.8.